The van der Waals surface area contributed by atoms with Crippen LogP contribution in [0.15, 0.2) is 24.7 Å². The second kappa shape index (κ2) is 5.50. The third-order valence-electron chi connectivity index (χ3n) is 2.59. The molecule has 0 saturated heterocycles. The number of pyridine rings is 1. The standard InChI is InChI=1S/C13H17ClN4/c1-9(2)15-5-11-4-10(3)13(16-6-11)18-8-12(14)7-17-18/h4,6-9,15H,5H2,1-3H3. The number of nitrogens with one attached hydrogen (secondary N) is 1. The number of aromatic nitrogens is 3. The van der Waals surface area contributed by atoms with Crippen molar-refractivity contribution in [3.63, 3.8) is 0 Å². The third kappa shape index (κ3) is 3.09. The Morgan fingerprint density at radius 2 is 2.17 bits per heavy atom. The van der Waals surface area contributed by atoms with Gasteiger partial charge in [0.15, 0.2) is 5.82 Å². The normalized spacial score (nSPS) is 11.2. The number of hydrogen-bond donors (Lipinski definition) is 1. The maximum absolute atomic E-state index is 5.86. The Bertz CT molecular complexity index is 534. The molecular weight excluding hydrogens is 248 g/mol. The Balaban J connectivity index is 2.20. The quantitative estimate of drug-likeness (QED) is 0.923. The Morgan fingerprint density at radius 3 is 2.72 bits per heavy atom. The number of nitrogens with zero attached hydrogens (tertiary/aromatic N) is 3. The first-order chi connectivity index (χ1) is 8.56. The summed E-state index contributed by atoms with van der Waals surface area (Å²) in [5.41, 5.74) is 2.25. The molecule has 0 aliphatic carbocycles. The monoisotopic (exact) mass is 264 g/mol. The summed E-state index contributed by atoms with van der Waals surface area (Å²) in [5, 5.41) is 8.14. The second-order valence-corrected chi connectivity index (χ2v) is 5.06. The fourth-order valence-corrected chi connectivity index (χ4v) is 1.84. The second-order valence-electron chi connectivity index (χ2n) is 4.62. The van der Waals surface area contributed by atoms with Gasteiger partial charge in [0.1, 0.15) is 0 Å². The molecule has 96 valence electrons. The molecule has 2 rings (SSSR count). The maximum Gasteiger partial charge on any atom is 0.156 e. The van der Waals surface area contributed by atoms with Gasteiger partial charge >= 0.3 is 0 Å². The molecule has 0 aromatic carbocycles. The van der Waals surface area contributed by atoms with Crippen LogP contribution in [0.4, 0.5) is 0 Å². The predicted octanol–water partition coefficient (Wildman–Crippen LogP) is 2.73. The summed E-state index contributed by atoms with van der Waals surface area (Å²) in [7, 11) is 0. The van der Waals surface area contributed by atoms with Crippen molar-refractivity contribution in [3.8, 4) is 5.82 Å². The maximum atomic E-state index is 5.86. The highest BCUT2D eigenvalue weighted by molar-refractivity contribution is 6.30. The van der Waals surface area contributed by atoms with Gasteiger partial charge in [-0.3, -0.25) is 0 Å². The lowest BCUT2D eigenvalue weighted by Gasteiger charge is -2.10. The van der Waals surface area contributed by atoms with Crippen LogP contribution >= 0.6 is 11.6 Å². The predicted molar refractivity (Wildman–Crippen MR) is 73.1 cm³/mol. The summed E-state index contributed by atoms with van der Waals surface area (Å²) in [5.74, 6) is 0.815. The van der Waals surface area contributed by atoms with Gasteiger partial charge in [-0.25, -0.2) is 9.67 Å². The average Bonchev–Trinajstić information content (AvgIpc) is 2.73. The highest BCUT2D eigenvalue weighted by Crippen LogP contribution is 2.14. The minimum absolute atomic E-state index is 0.468. The molecule has 0 saturated carbocycles. The lowest BCUT2D eigenvalue weighted by molar-refractivity contribution is 0.587. The van der Waals surface area contributed by atoms with Crippen molar-refractivity contribution in [2.45, 2.75) is 33.4 Å². The summed E-state index contributed by atoms with van der Waals surface area (Å²) in [6.45, 7) is 7.10. The number of hydrogen-bond acceptors (Lipinski definition) is 3. The van der Waals surface area contributed by atoms with Crippen molar-refractivity contribution < 1.29 is 0 Å². The Morgan fingerprint density at radius 1 is 1.39 bits per heavy atom. The molecular formula is C13H17ClN4. The van der Waals surface area contributed by atoms with Crippen molar-refractivity contribution in [2.24, 2.45) is 0 Å². The molecule has 0 atom stereocenters. The van der Waals surface area contributed by atoms with Gasteiger partial charge in [0.2, 0.25) is 0 Å². The highest BCUT2D eigenvalue weighted by atomic mass is 35.5. The summed E-state index contributed by atoms with van der Waals surface area (Å²) < 4.78 is 1.69. The van der Waals surface area contributed by atoms with E-state index in [0.717, 1.165) is 17.9 Å². The van der Waals surface area contributed by atoms with Crippen LogP contribution < -0.4 is 5.32 Å². The molecule has 0 bridgehead atoms. The molecule has 0 amide bonds. The molecule has 0 unspecified atom stereocenters. The molecule has 0 aliphatic heterocycles. The lowest BCUT2D eigenvalue weighted by Crippen LogP contribution is -2.22. The summed E-state index contributed by atoms with van der Waals surface area (Å²) in [6.07, 6.45) is 5.23. The molecule has 0 spiro atoms. The van der Waals surface area contributed by atoms with Crippen molar-refractivity contribution in [1.29, 1.82) is 0 Å². The van der Waals surface area contributed by atoms with Gasteiger partial charge in [0.25, 0.3) is 0 Å². The van der Waals surface area contributed by atoms with Crippen LogP contribution in [0.1, 0.15) is 25.0 Å². The Kier molecular flexibility index (Phi) is 3.99. The zero-order chi connectivity index (χ0) is 13.1. The van der Waals surface area contributed by atoms with Gasteiger partial charge in [0, 0.05) is 18.8 Å². The number of halogens is 1. The van der Waals surface area contributed by atoms with Gasteiger partial charge in [-0.15, -0.1) is 0 Å². The molecule has 1 N–H and O–H groups in total. The fourth-order valence-electron chi connectivity index (χ4n) is 1.70. The summed E-state index contributed by atoms with van der Waals surface area (Å²) in [4.78, 5) is 4.44. The van der Waals surface area contributed by atoms with Gasteiger partial charge in [-0.1, -0.05) is 25.4 Å². The Hall–Kier alpha value is -1.39. The molecule has 4 nitrogen and oxygen atoms in total. The molecule has 18 heavy (non-hydrogen) atoms. The molecule has 2 aromatic rings. The first kappa shape index (κ1) is 13.1. The van der Waals surface area contributed by atoms with E-state index in [1.54, 1.807) is 17.1 Å². The van der Waals surface area contributed by atoms with E-state index in [4.69, 9.17) is 11.6 Å². The average molecular weight is 265 g/mol. The van der Waals surface area contributed by atoms with Crippen LogP contribution in [0.25, 0.3) is 5.82 Å². The van der Waals surface area contributed by atoms with E-state index in [0.29, 0.717) is 11.1 Å². The minimum Gasteiger partial charge on any atom is -0.310 e. The van der Waals surface area contributed by atoms with E-state index in [2.05, 4.69) is 35.3 Å². The van der Waals surface area contributed by atoms with Crippen molar-refractivity contribution >= 4 is 11.6 Å². The third-order valence-corrected chi connectivity index (χ3v) is 2.78. The summed E-state index contributed by atoms with van der Waals surface area (Å²) >= 11 is 5.86. The number of aryl methyl sites for hydroxylation is 1. The number of rotatable bonds is 4. The molecule has 2 aromatic heterocycles. The largest absolute Gasteiger partial charge is 0.310 e. The first-order valence-corrected chi connectivity index (χ1v) is 6.33. The molecule has 2 heterocycles. The van der Waals surface area contributed by atoms with Crippen LogP contribution in [0.3, 0.4) is 0 Å². The van der Waals surface area contributed by atoms with Gasteiger partial charge < -0.3 is 5.32 Å². The smallest absolute Gasteiger partial charge is 0.156 e. The van der Waals surface area contributed by atoms with Crippen molar-refractivity contribution in [3.05, 3.63) is 40.8 Å². The highest BCUT2D eigenvalue weighted by Gasteiger charge is 2.06. The van der Waals surface area contributed by atoms with Crippen LogP contribution in [0.5, 0.6) is 0 Å². The van der Waals surface area contributed by atoms with Crippen LogP contribution in [-0.2, 0) is 6.54 Å². The van der Waals surface area contributed by atoms with Gasteiger partial charge in [-0.2, -0.15) is 5.10 Å². The fraction of sp³-hybridized carbons (Fsp3) is 0.385. The molecule has 5 heteroatoms. The van der Waals surface area contributed by atoms with E-state index >= 15 is 0 Å². The van der Waals surface area contributed by atoms with E-state index < -0.39 is 0 Å². The van der Waals surface area contributed by atoms with Crippen LogP contribution in [0.2, 0.25) is 5.02 Å². The van der Waals surface area contributed by atoms with Crippen molar-refractivity contribution in [1.82, 2.24) is 20.1 Å². The van der Waals surface area contributed by atoms with Crippen LogP contribution in [0, 0.1) is 6.92 Å². The van der Waals surface area contributed by atoms with E-state index in [1.165, 1.54) is 5.56 Å². The SMILES string of the molecule is Cc1cc(CNC(C)C)cnc1-n1cc(Cl)cn1. The zero-order valence-electron chi connectivity index (χ0n) is 10.8. The van der Waals surface area contributed by atoms with Crippen molar-refractivity contribution in [2.75, 3.05) is 0 Å². The van der Waals surface area contributed by atoms with Crippen LogP contribution in [-0.4, -0.2) is 20.8 Å². The Labute approximate surface area is 112 Å². The van der Waals surface area contributed by atoms with E-state index in [9.17, 15) is 0 Å². The lowest BCUT2D eigenvalue weighted by atomic mass is 10.2. The topological polar surface area (TPSA) is 42.7 Å². The van der Waals surface area contributed by atoms with E-state index in [-0.39, 0.29) is 0 Å². The minimum atomic E-state index is 0.468. The summed E-state index contributed by atoms with van der Waals surface area (Å²) in [6, 6.07) is 2.59. The van der Waals surface area contributed by atoms with Gasteiger partial charge in [-0.05, 0) is 24.1 Å². The molecule has 0 radical (unpaired) electrons. The van der Waals surface area contributed by atoms with Gasteiger partial charge in [0.05, 0.1) is 17.4 Å². The first-order valence-electron chi connectivity index (χ1n) is 5.95. The van der Waals surface area contributed by atoms with E-state index in [1.807, 2.05) is 13.1 Å². The molecule has 0 fully saturated rings. The zero-order valence-corrected chi connectivity index (χ0v) is 11.6. The molecule has 0 aliphatic rings.